The van der Waals surface area contributed by atoms with Gasteiger partial charge in [-0.1, -0.05) is 11.6 Å². The molecule has 1 atom stereocenters. The first kappa shape index (κ1) is 19.0. The number of hydrogen-bond acceptors (Lipinski definition) is 4. The number of benzene rings is 1. The van der Waals surface area contributed by atoms with Crippen molar-refractivity contribution in [2.45, 2.75) is 25.3 Å². The van der Waals surface area contributed by atoms with E-state index in [2.05, 4.69) is 4.99 Å². The zero-order valence-electron chi connectivity index (χ0n) is 13.9. The number of rotatable bonds is 4. The normalized spacial score (nSPS) is 20.0. The smallest absolute Gasteiger partial charge is 0.442 e. The Labute approximate surface area is 156 Å². The fourth-order valence-electron chi connectivity index (χ4n) is 2.61. The maximum Gasteiger partial charge on any atom is 0.442 e. The first-order valence-electron chi connectivity index (χ1n) is 7.69. The van der Waals surface area contributed by atoms with Crippen molar-refractivity contribution in [1.29, 1.82) is 0 Å². The van der Waals surface area contributed by atoms with Gasteiger partial charge in [0, 0.05) is 10.6 Å². The third-order valence-corrected chi connectivity index (χ3v) is 4.23. The summed E-state index contributed by atoms with van der Waals surface area (Å²) in [6.45, 7) is 1.01. The second kappa shape index (κ2) is 6.73. The van der Waals surface area contributed by atoms with E-state index in [-0.39, 0.29) is 23.7 Å². The van der Waals surface area contributed by atoms with E-state index in [0.717, 1.165) is 4.90 Å². The Hall–Kier alpha value is -2.81. The van der Waals surface area contributed by atoms with Crippen LogP contribution in [0.4, 0.5) is 13.2 Å². The van der Waals surface area contributed by atoms with Gasteiger partial charge in [-0.2, -0.15) is 13.2 Å². The van der Waals surface area contributed by atoms with Crippen LogP contribution in [0, 0.1) is 0 Å². The van der Waals surface area contributed by atoms with E-state index in [1.165, 1.54) is 43.5 Å². The van der Waals surface area contributed by atoms with Gasteiger partial charge in [0.05, 0.1) is 12.8 Å². The summed E-state index contributed by atoms with van der Waals surface area (Å²) in [4.78, 5) is 29.3. The highest BCUT2D eigenvalue weighted by molar-refractivity contribution is 6.30. The van der Waals surface area contributed by atoms with Crippen molar-refractivity contribution in [2.75, 3.05) is 0 Å². The summed E-state index contributed by atoms with van der Waals surface area (Å²) >= 11 is 5.71. The van der Waals surface area contributed by atoms with Crippen molar-refractivity contribution in [2.24, 2.45) is 4.99 Å². The number of amides is 2. The van der Waals surface area contributed by atoms with Gasteiger partial charge in [0.15, 0.2) is 0 Å². The lowest BCUT2D eigenvalue weighted by atomic mass is 10.1. The molecule has 2 aromatic rings. The minimum Gasteiger partial charge on any atom is -0.467 e. The maximum atomic E-state index is 13.8. The molecule has 2 amide bonds. The molecule has 1 aliphatic rings. The van der Waals surface area contributed by atoms with Crippen LogP contribution in [0.2, 0.25) is 5.02 Å². The van der Waals surface area contributed by atoms with Gasteiger partial charge in [0.1, 0.15) is 11.6 Å². The largest absolute Gasteiger partial charge is 0.467 e. The molecule has 1 unspecified atom stereocenters. The SMILES string of the molecule is CC1=NC(NC(=O)c2ccc(Cl)cc2)(C(F)(F)F)C(=O)N1Cc1ccco1. The van der Waals surface area contributed by atoms with E-state index < -0.39 is 23.7 Å². The number of nitrogens with zero attached hydrogens (tertiary/aromatic N) is 2. The third kappa shape index (κ3) is 3.42. The van der Waals surface area contributed by atoms with Crippen molar-refractivity contribution in [3.05, 3.63) is 59.0 Å². The Morgan fingerprint density at radius 1 is 1.30 bits per heavy atom. The number of carbonyl (C=O) groups excluding carboxylic acids is 2. The number of furan rings is 1. The summed E-state index contributed by atoms with van der Waals surface area (Å²) in [6, 6.07) is 8.26. The topological polar surface area (TPSA) is 74.9 Å². The number of hydrogen-bond donors (Lipinski definition) is 1. The summed E-state index contributed by atoms with van der Waals surface area (Å²) in [7, 11) is 0. The molecule has 0 bridgehead atoms. The quantitative estimate of drug-likeness (QED) is 0.856. The summed E-state index contributed by atoms with van der Waals surface area (Å²) in [5.74, 6) is -2.43. The fraction of sp³-hybridized carbons (Fsp3) is 0.235. The van der Waals surface area contributed by atoms with Gasteiger partial charge in [-0.3, -0.25) is 14.5 Å². The Morgan fingerprint density at radius 2 is 1.96 bits per heavy atom. The molecule has 1 aromatic carbocycles. The zero-order chi connectivity index (χ0) is 19.8. The van der Waals surface area contributed by atoms with Crippen LogP contribution in [-0.4, -0.2) is 34.4 Å². The summed E-state index contributed by atoms with van der Waals surface area (Å²) in [5.41, 5.74) is -3.49. The van der Waals surface area contributed by atoms with Crippen molar-refractivity contribution < 1.29 is 27.2 Å². The molecule has 2 heterocycles. The van der Waals surface area contributed by atoms with Crippen LogP contribution in [0.15, 0.2) is 52.1 Å². The molecule has 0 aliphatic carbocycles. The lowest BCUT2D eigenvalue weighted by Gasteiger charge is -2.29. The van der Waals surface area contributed by atoms with E-state index in [1.807, 2.05) is 0 Å². The average molecular weight is 400 g/mol. The molecular weight excluding hydrogens is 387 g/mol. The lowest BCUT2D eigenvalue weighted by molar-refractivity contribution is -0.196. The number of aliphatic imine (C=N–C) groups is 1. The van der Waals surface area contributed by atoms with Crippen LogP contribution in [-0.2, 0) is 11.3 Å². The van der Waals surface area contributed by atoms with Crippen LogP contribution in [0.25, 0.3) is 0 Å². The van der Waals surface area contributed by atoms with Gasteiger partial charge >= 0.3 is 11.8 Å². The monoisotopic (exact) mass is 399 g/mol. The maximum absolute atomic E-state index is 13.8. The molecule has 0 spiro atoms. The molecule has 3 rings (SSSR count). The van der Waals surface area contributed by atoms with Gasteiger partial charge in [-0.05, 0) is 43.3 Å². The Morgan fingerprint density at radius 3 is 2.52 bits per heavy atom. The lowest BCUT2D eigenvalue weighted by Crippen LogP contribution is -2.63. The molecule has 0 radical (unpaired) electrons. The van der Waals surface area contributed by atoms with Gasteiger partial charge < -0.3 is 9.73 Å². The summed E-state index contributed by atoms with van der Waals surface area (Å²) < 4.78 is 46.5. The van der Waals surface area contributed by atoms with Gasteiger partial charge in [0.2, 0.25) is 0 Å². The van der Waals surface area contributed by atoms with E-state index in [0.29, 0.717) is 5.02 Å². The second-order valence-electron chi connectivity index (χ2n) is 5.80. The predicted octanol–water partition coefficient (Wildman–Crippen LogP) is 3.38. The van der Waals surface area contributed by atoms with Gasteiger partial charge in [-0.15, -0.1) is 0 Å². The molecule has 10 heteroatoms. The third-order valence-electron chi connectivity index (χ3n) is 3.98. The van der Waals surface area contributed by atoms with E-state index in [1.54, 1.807) is 11.4 Å². The first-order valence-corrected chi connectivity index (χ1v) is 8.07. The Balaban J connectivity index is 1.93. The summed E-state index contributed by atoms with van der Waals surface area (Å²) in [6.07, 6.45) is -3.81. The van der Waals surface area contributed by atoms with Crippen molar-refractivity contribution in [1.82, 2.24) is 10.2 Å². The van der Waals surface area contributed by atoms with Crippen molar-refractivity contribution >= 4 is 29.3 Å². The van der Waals surface area contributed by atoms with Crippen molar-refractivity contribution in [3.8, 4) is 0 Å². The number of alkyl halides is 3. The zero-order valence-corrected chi connectivity index (χ0v) is 14.6. The number of carbonyl (C=O) groups is 2. The predicted molar refractivity (Wildman–Crippen MR) is 90.1 cm³/mol. The number of amidine groups is 1. The highest BCUT2D eigenvalue weighted by atomic mass is 35.5. The Bertz CT molecular complexity index is 894. The molecule has 1 aromatic heterocycles. The fourth-order valence-corrected chi connectivity index (χ4v) is 2.74. The molecule has 27 heavy (non-hydrogen) atoms. The first-order chi connectivity index (χ1) is 12.6. The van der Waals surface area contributed by atoms with Crippen LogP contribution in [0.1, 0.15) is 23.0 Å². The van der Waals surface area contributed by atoms with Crippen LogP contribution in [0.5, 0.6) is 0 Å². The number of nitrogens with one attached hydrogen (secondary N) is 1. The van der Waals surface area contributed by atoms with Crippen molar-refractivity contribution in [3.63, 3.8) is 0 Å². The average Bonchev–Trinajstić information content (AvgIpc) is 3.18. The van der Waals surface area contributed by atoms with E-state index in [9.17, 15) is 22.8 Å². The van der Waals surface area contributed by atoms with Crippen LogP contribution >= 0.6 is 11.6 Å². The van der Waals surface area contributed by atoms with Crippen LogP contribution < -0.4 is 5.32 Å². The van der Waals surface area contributed by atoms with Gasteiger partial charge in [0.25, 0.3) is 11.8 Å². The Kier molecular flexibility index (Phi) is 4.73. The molecule has 1 aliphatic heterocycles. The van der Waals surface area contributed by atoms with Gasteiger partial charge in [-0.25, -0.2) is 4.99 Å². The molecular formula is C17H13ClF3N3O3. The van der Waals surface area contributed by atoms with Crippen LogP contribution in [0.3, 0.4) is 0 Å². The molecule has 0 saturated heterocycles. The number of halogens is 4. The molecule has 6 nitrogen and oxygen atoms in total. The van der Waals surface area contributed by atoms with E-state index in [4.69, 9.17) is 16.0 Å². The standard InChI is InChI=1S/C17H13ClF3N3O3/c1-10-22-16(17(19,20)21,15(26)24(10)9-13-3-2-8-27-13)23-14(25)11-4-6-12(18)7-5-11/h2-8H,9H2,1H3,(H,23,25). The molecule has 0 fully saturated rings. The molecule has 0 saturated carbocycles. The molecule has 1 N–H and O–H groups in total. The highest BCUT2D eigenvalue weighted by Gasteiger charge is 2.66. The highest BCUT2D eigenvalue weighted by Crippen LogP contribution is 2.38. The molecule has 142 valence electrons. The minimum absolute atomic E-state index is 0.0897. The summed E-state index contributed by atoms with van der Waals surface area (Å²) in [5, 5.41) is 2.05. The second-order valence-corrected chi connectivity index (χ2v) is 6.24. The van der Waals surface area contributed by atoms with E-state index >= 15 is 0 Å². The minimum atomic E-state index is -5.15.